The first kappa shape index (κ1) is 16.7. The van der Waals surface area contributed by atoms with Crippen LogP contribution in [0.4, 0.5) is 10.1 Å². The molecule has 2 aromatic rings. The Labute approximate surface area is 147 Å². The predicted molar refractivity (Wildman–Crippen MR) is 99.0 cm³/mol. The van der Waals surface area contributed by atoms with Crippen LogP contribution >= 0.6 is 12.2 Å². The van der Waals surface area contributed by atoms with Gasteiger partial charge >= 0.3 is 0 Å². The number of fused-ring (bicyclic) bond motifs is 1. The zero-order valence-corrected chi connectivity index (χ0v) is 14.8. The smallest absolute Gasteiger partial charge is 0.171 e. The first-order valence-corrected chi connectivity index (χ1v) is 8.36. The molecule has 0 amide bonds. The Morgan fingerprint density at radius 1 is 1.21 bits per heavy atom. The monoisotopic (exact) mass is 344 g/mol. The molecule has 2 aromatic carbocycles. The van der Waals surface area contributed by atoms with Crippen LogP contribution in [0, 0.1) is 12.7 Å². The largest absolute Gasteiger partial charge is 0.487 e. The molecule has 1 heterocycles. The summed E-state index contributed by atoms with van der Waals surface area (Å²) in [5.41, 5.74) is 2.77. The number of hydrogen-bond acceptors (Lipinski definition) is 2. The third-order valence-electron chi connectivity index (χ3n) is 4.03. The summed E-state index contributed by atoms with van der Waals surface area (Å²) in [6.45, 7) is 6.20. The third-order valence-corrected chi connectivity index (χ3v) is 4.25. The minimum absolute atomic E-state index is 0.0594. The molecule has 0 unspecified atom stereocenters. The average molecular weight is 344 g/mol. The Bertz CT molecular complexity index is 758. The molecule has 0 saturated heterocycles. The van der Waals surface area contributed by atoms with Gasteiger partial charge in [0.25, 0.3) is 0 Å². The van der Waals surface area contributed by atoms with E-state index in [4.69, 9.17) is 17.0 Å². The van der Waals surface area contributed by atoms with Crippen LogP contribution < -0.4 is 15.4 Å². The number of rotatable bonds is 2. The second kappa shape index (κ2) is 6.40. The second-order valence-corrected chi connectivity index (χ2v) is 7.17. The van der Waals surface area contributed by atoms with Crippen molar-refractivity contribution in [3.8, 4) is 5.75 Å². The summed E-state index contributed by atoms with van der Waals surface area (Å²) in [4.78, 5) is 0. The van der Waals surface area contributed by atoms with E-state index in [9.17, 15) is 4.39 Å². The minimum atomic E-state index is -0.272. The number of hydrogen-bond donors (Lipinski definition) is 2. The quantitative estimate of drug-likeness (QED) is 0.772. The van der Waals surface area contributed by atoms with E-state index in [1.807, 2.05) is 12.1 Å². The Kier molecular flexibility index (Phi) is 4.45. The molecule has 0 bridgehead atoms. The van der Waals surface area contributed by atoms with Crippen LogP contribution in [0.15, 0.2) is 42.5 Å². The summed E-state index contributed by atoms with van der Waals surface area (Å²) in [6, 6.07) is 12.4. The van der Waals surface area contributed by atoms with Gasteiger partial charge in [0.1, 0.15) is 17.2 Å². The number of benzene rings is 2. The maximum atomic E-state index is 13.0. The van der Waals surface area contributed by atoms with Crippen LogP contribution in [-0.2, 0) is 0 Å². The van der Waals surface area contributed by atoms with E-state index >= 15 is 0 Å². The summed E-state index contributed by atoms with van der Waals surface area (Å²) >= 11 is 5.43. The van der Waals surface area contributed by atoms with Crippen molar-refractivity contribution in [2.45, 2.75) is 38.8 Å². The molecule has 5 heteroatoms. The minimum Gasteiger partial charge on any atom is -0.487 e. The van der Waals surface area contributed by atoms with Crippen molar-refractivity contribution in [2.75, 3.05) is 5.32 Å². The zero-order valence-electron chi connectivity index (χ0n) is 14.0. The summed E-state index contributed by atoms with van der Waals surface area (Å²) in [7, 11) is 0. The van der Waals surface area contributed by atoms with Crippen molar-refractivity contribution in [3.63, 3.8) is 0 Å². The summed E-state index contributed by atoms with van der Waals surface area (Å²) in [5, 5.41) is 6.98. The first-order chi connectivity index (χ1) is 11.3. The lowest BCUT2D eigenvalue weighted by Crippen LogP contribution is -2.42. The molecule has 0 aliphatic carbocycles. The van der Waals surface area contributed by atoms with E-state index in [2.05, 4.69) is 37.5 Å². The van der Waals surface area contributed by atoms with E-state index in [-0.39, 0.29) is 17.5 Å². The topological polar surface area (TPSA) is 33.3 Å². The fraction of sp³-hybridized carbons (Fsp3) is 0.316. The number of anilines is 1. The fourth-order valence-corrected chi connectivity index (χ4v) is 3.22. The molecule has 3 nitrogen and oxygen atoms in total. The molecule has 24 heavy (non-hydrogen) atoms. The standard InChI is InChI=1S/C19H21FN2OS/c1-12-4-9-17-15(10-12)16(11-19(2,3)23-17)22-18(24)21-14-7-5-13(20)6-8-14/h4-10,16H,11H2,1-3H3,(H2,21,22,24)/t16-/m1/s1. The second-order valence-electron chi connectivity index (χ2n) is 6.77. The van der Waals surface area contributed by atoms with Crippen LogP contribution in [0.25, 0.3) is 0 Å². The van der Waals surface area contributed by atoms with Crippen molar-refractivity contribution < 1.29 is 9.13 Å². The van der Waals surface area contributed by atoms with Crippen LogP contribution in [-0.4, -0.2) is 10.7 Å². The van der Waals surface area contributed by atoms with Gasteiger partial charge in [-0.2, -0.15) is 0 Å². The molecule has 126 valence electrons. The van der Waals surface area contributed by atoms with Gasteiger partial charge in [-0.05, 0) is 63.3 Å². The molecule has 0 spiro atoms. The normalized spacial score (nSPS) is 18.2. The Morgan fingerprint density at radius 3 is 2.62 bits per heavy atom. The third kappa shape index (κ3) is 3.85. The molecule has 1 aliphatic rings. The fourth-order valence-electron chi connectivity index (χ4n) is 2.96. The molecule has 1 aliphatic heterocycles. The molecule has 0 radical (unpaired) electrons. The number of aryl methyl sites for hydroxylation is 1. The van der Waals surface area contributed by atoms with E-state index in [1.165, 1.54) is 17.7 Å². The van der Waals surface area contributed by atoms with E-state index < -0.39 is 0 Å². The van der Waals surface area contributed by atoms with Crippen molar-refractivity contribution in [3.05, 3.63) is 59.4 Å². The molecule has 3 rings (SSSR count). The van der Waals surface area contributed by atoms with Gasteiger partial charge in [-0.15, -0.1) is 0 Å². The van der Waals surface area contributed by atoms with Gasteiger partial charge < -0.3 is 15.4 Å². The molecule has 1 atom stereocenters. The van der Waals surface area contributed by atoms with Gasteiger partial charge in [-0.25, -0.2) is 4.39 Å². The van der Waals surface area contributed by atoms with Gasteiger partial charge in [-0.3, -0.25) is 0 Å². The summed E-state index contributed by atoms with van der Waals surface area (Å²) in [5.74, 6) is 0.619. The molecular weight excluding hydrogens is 323 g/mol. The number of thiocarbonyl (C=S) groups is 1. The SMILES string of the molecule is Cc1ccc2c(c1)[C@H](NC(=S)Nc1ccc(F)cc1)CC(C)(C)O2. The Morgan fingerprint density at radius 2 is 1.92 bits per heavy atom. The molecule has 0 aromatic heterocycles. The van der Waals surface area contributed by atoms with Gasteiger partial charge in [-0.1, -0.05) is 17.7 Å². The van der Waals surface area contributed by atoms with Gasteiger partial charge in [0.2, 0.25) is 0 Å². The molecule has 0 fully saturated rings. The van der Waals surface area contributed by atoms with Crippen LogP contribution in [0.2, 0.25) is 0 Å². The van der Waals surface area contributed by atoms with Gasteiger partial charge in [0, 0.05) is 17.7 Å². The maximum Gasteiger partial charge on any atom is 0.171 e. The van der Waals surface area contributed by atoms with Crippen molar-refractivity contribution in [1.29, 1.82) is 0 Å². The predicted octanol–water partition coefficient (Wildman–Crippen LogP) is 4.72. The summed E-state index contributed by atoms with van der Waals surface area (Å²) < 4.78 is 19.1. The van der Waals surface area contributed by atoms with Gasteiger partial charge in [0.15, 0.2) is 5.11 Å². The lowest BCUT2D eigenvalue weighted by molar-refractivity contribution is 0.0696. The lowest BCUT2D eigenvalue weighted by Gasteiger charge is -2.38. The van der Waals surface area contributed by atoms with E-state index in [1.54, 1.807) is 12.1 Å². The molecular formula is C19H21FN2OS. The summed E-state index contributed by atoms with van der Waals surface area (Å²) in [6.07, 6.45) is 0.800. The van der Waals surface area contributed by atoms with Crippen molar-refractivity contribution in [1.82, 2.24) is 5.32 Å². The number of nitrogens with one attached hydrogen (secondary N) is 2. The van der Waals surface area contributed by atoms with E-state index in [0.29, 0.717) is 5.11 Å². The average Bonchev–Trinajstić information content (AvgIpc) is 2.49. The van der Waals surface area contributed by atoms with Gasteiger partial charge in [0.05, 0.1) is 6.04 Å². The highest BCUT2D eigenvalue weighted by atomic mass is 32.1. The first-order valence-electron chi connectivity index (χ1n) is 7.95. The van der Waals surface area contributed by atoms with Crippen LogP contribution in [0.3, 0.4) is 0 Å². The maximum absolute atomic E-state index is 13.0. The zero-order chi connectivity index (χ0) is 17.3. The molecule has 0 saturated carbocycles. The number of ether oxygens (including phenoxy) is 1. The highest BCUT2D eigenvalue weighted by Gasteiger charge is 2.34. The van der Waals surface area contributed by atoms with Crippen LogP contribution in [0.5, 0.6) is 5.75 Å². The van der Waals surface area contributed by atoms with E-state index in [0.717, 1.165) is 23.4 Å². The number of halogens is 1. The highest BCUT2D eigenvalue weighted by molar-refractivity contribution is 7.80. The van der Waals surface area contributed by atoms with Crippen molar-refractivity contribution >= 4 is 23.0 Å². The lowest BCUT2D eigenvalue weighted by atomic mass is 9.89. The molecule has 2 N–H and O–H groups in total. The highest BCUT2D eigenvalue weighted by Crippen LogP contribution is 2.39. The Hall–Kier alpha value is -2.14. The van der Waals surface area contributed by atoms with Crippen LogP contribution in [0.1, 0.15) is 37.4 Å². The Balaban J connectivity index is 1.77. The van der Waals surface area contributed by atoms with Crippen molar-refractivity contribution in [2.24, 2.45) is 0 Å².